The second-order valence-corrected chi connectivity index (χ2v) is 5.62. The molecular formula is C18H25N3. The summed E-state index contributed by atoms with van der Waals surface area (Å²) in [6, 6.07) is 6.59. The van der Waals surface area contributed by atoms with E-state index in [9.17, 15) is 0 Å². The molecule has 0 saturated carbocycles. The summed E-state index contributed by atoms with van der Waals surface area (Å²) >= 11 is 0. The van der Waals surface area contributed by atoms with E-state index in [2.05, 4.69) is 63.1 Å². The molecule has 0 aliphatic carbocycles. The fourth-order valence-electron chi connectivity index (χ4n) is 2.53. The van der Waals surface area contributed by atoms with E-state index in [0.717, 1.165) is 42.3 Å². The zero-order valence-corrected chi connectivity index (χ0v) is 13.7. The van der Waals surface area contributed by atoms with Crippen molar-refractivity contribution < 1.29 is 0 Å². The third-order valence-electron chi connectivity index (χ3n) is 3.55. The van der Waals surface area contributed by atoms with Crippen molar-refractivity contribution in [3.63, 3.8) is 0 Å². The van der Waals surface area contributed by atoms with Crippen LogP contribution in [0.2, 0.25) is 0 Å². The number of anilines is 1. The Hall–Kier alpha value is -1.90. The van der Waals surface area contributed by atoms with Crippen molar-refractivity contribution in [1.82, 2.24) is 9.97 Å². The van der Waals surface area contributed by atoms with Gasteiger partial charge in [0.1, 0.15) is 11.6 Å². The highest BCUT2D eigenvalue weighted by Crippen LogP contribution is 2.27. The van der Waals surface area contributed by atoms with Gasteiger partial charge in [-0.25, -0.2) is 9.97 Å². The van der Waals surface area contributed by atoms with Gasteiger partial charge < -0.3 is 5.32 Å². The number of nitrogens with zero attached hydrogens (tertiary/aromatic N) is 2. The third-order valence-corrected chi connectivity index (χ3v) is 3.55. The molecule has 3 nitrogen and oxygen atoms in total. The second-order valence-electron chi connectivity index (χ2n) is 5.62. The van der Waals surface area contributed by atoms with Crippen LogP contribution >= 0.6 is 0 Å². The molecule has 0 atom stereocenters. The van der Waals surface area contributed by atoms with Crippen LogP contribution in [0.3, 0.4) is 0 Å². The van der Waals surface area contributed by atoms with Crippen LogP contribution in [-0.2, 0) is 6.42 Å². The lowest BCUT2D eigenvalue weighted by Crippen LogP contribution is -2.08. The normalized spacial score (nSPS) is 10.7. The van der Waals surface area contributed by atoms with Crippen molar-refractivity contribution in [1.29, 1.82) is 0 Å². The summed E-state index contributed by atoms with van der Waals surface area (Å²) in [5.74, 6) is 1.87. The minimum absolute atomic E-state index is 0.846. The SMILES string of the molecule is CCCNc1nc(CC)nc(-c2cc(C)cc(C)c2)c1C. The van der Waals surface area contributed by atoms with E-state index in [0.29, 0.717) is 0 Å². The van der Waals surface area contributed by atoms with Gasteiger partial charge in [-0.3, -0.25) is 0 Å². The number of hydrogen-bond acceptors (Lipinski definition) is 3. The number of nitrogens with one attached hydrogen (secondary N) is 1. The summed E-state index contributed by atoms with van der Waals surface area (Å²) in [7, 11) is 0. The minimum Gasteiger partial charge on any atom is -0.370 e. The van der Waals surface area contributed by atoms with E-state index >= 15 is 0 Å². The van der Waals surface area contributed by atoms with E-state index < -0.39 is 0 Å². The highest BCUT2D eigenvalue weighted by atomic mass is 15.0. The van der Waals surface area contributed by atoms with Gasteiger partial charge in [0.15, 0.2) is 0 Å². The van der Waals surface area contributed by atoms with Crippen molar-refractivity contribution in [2.45, 2.75) is 47.5 Å². The summed E-state index contributed by atoms with van der Waals surface area (Å²) in [5, 5.41) is 3.43. The van der Waals surface area contributed by atoms with Gasteiger partial charge in [-0.15, -0.1) is 0 Å². The summed E-state index contributed by atoms with van der Waals surface area (Å²) in [6.07, 6.45) is 1.93. The Morgan fingerprint density at radius 1 is 0.952 bits per heavy atom. The van der Waals surface area contributed by atoms with Gasteiger partial charge in [-0.05, 0) is 39.3 Å². The van der Waals surface area contributed by atoms with Crippen LogP contribution in [0.1, 0.15) is 42.8 Å². The summed E-state index contributed by atoms with van der Waals surface area (Å²) < 4.78 is 0. The fraction of sp³-hybridized carbons (Fsp3) is 0.444. The molecule has 1 aromatic heterocycles. The maximum absolute atomic E-state index is 4.76. The first-order valence-corrected chi connectivity index (χ1v) is 7.75. The van der Waals surface area contributed by atoms with Gasteiger partial charge in [-0.1, -0.05) is 31.0 Å². The zero-order chi connectivity index (χ0) is 15.4. The van der Waals surface area contributed by atoms with Crippen LogP contribution in [0.15, 0.2) is 18.2 Å². The van der Waals surface area contributed by atoms with Crippen LogP contribution in [0.25, 0.3) is 11.3 Å². The molecule has 2 rings (SSSR count). The van der Waals surface area contributed by atoms with E-state index in [1.165, 1.54) is 16.7 Å². The largest absolute Gasteiger partial charge is 0.370 e. The maximum atomic E-state index is 4.76. The van der Waals surface area contributed by atoms with Crippen molar-refractivity contribution >= 4 is 5.82 Å². The van der Waals surface area contributed by atoms with E-state index in [4.69, 9.17) is 4.98 Å². The molecule has 1 heterocycles. The molecule has 0 amide bonds. The predicted octanol–water partition coefficient (Wildman–Crippen LogP) is 4.45. The smallest absolute Gasteiger partial charge is 0.133 e. The van der Waals surface area contributed by atoms with Gasteiger partial charge in [0.2, 0.25) is 0 Å². The molecule has 2 aromatic rings. The molecule has 0 saturated heterocycles. The molecule has 1 aromatic carbocycles. The second kappa shape index (κ2) is 6.70. The Kier molecular flexibility index (Phi) is 4.94. The first-order chi connectivity index (χ1) is 10.0. The van der Waals surface area contributed by atoms with E-state index in [-0.39, 0.29) is 0 Å². The molecule has 0 aliphatic heterocycles. The lowest BCUT2D eigenvalue weighted by atomic mass is 10.0. The first-order valence-electron chi connectivity index (χ1n) is 7.75. The molecule has 0 fully saturated rings. The van der Waals surface area contributed by atoms with Crippen LogP contribution in [-0.4, -0.2) is 16.5 Å². The molecule has 0 bridgehead atoms. The van der Waals surface area contributed by atoms with Crippen molar-refractivity contribution in [2.24, 2.45) is 0 Å². The maximum Gasteiger partial charge on any atom is 0.133 e. The van der Waals surface area contributed by atoms with Crippen molar-refractivity contribution in [2.75, 3.05) is 11.9 Å². The van der Waals surface area contributed by atoms with E-state index in [1.54, 1.807) is 0 Å². The molecule has 112 valence electrons. The minimum atomic E-state index is 0.846. The Balaban J connectivity index is 2.55. The molecule has 21 heavy (non-hydrogen) atoms. The Bertz CT molecular complexity index is 612. The quantitative estimate of drug-likeness (QED) is 0.880. The standard InChI is InChI=1S/C18H25N3/c1-6-8-19-18-14(5)17(20-16(7-2)21-18)15-10-12(3)9-13(4)11-15/h9-11H,6-8H2,1-5H3,(H,19,20,21). The molecule has 0 radical (unpaired) electrons. The lowest BCUT2D eigenvalue weighted by Gasteiger charge is -2.14. The average Bonchev–Trinajstić information content (AvgIpc) is 2.45. The van der Waals surface area contributed by atoms with Gasteiger partial charge in [0, 0.05) is 24.1 Å². The van der Waals surface area contributed by atoms with Crippen molar-refractivity contribution in [3.05, 3.63) is 40.7 Å². The lowest BCUT2D eigenvalue weighted by molar-refractivity contribution is 0.910. The number of aryl methyl sites for hydroxylation is 3. The van der Waals surface area contributed by atoms with Crippen LogP contribution in [0, 0.1) is 20.8 Å². The number of benzene rings is 1. The summed E-state index contributed by atoms with van der Waals surface area (Å²) in [4.78, 5) is 9.40. The number of rotatable bonds is 5. The Morgan fingerprint density at radius 3 is 2.19 bits per heavy atom. The Labute approximate surface area is 127 Å². The van der Waals surface area contributed by atoms with Gasteiger partial charge in [0.05, 0.1) is 5.69 Å². The summed E-state index contributed by atoms with van der Waals surface area (Å²) in [6.45, 7) is 11.6. The fourth-order valence-corrected chi connectivity index (χ4v) is 2.53. The predicted molar refractivity (Wildman–Crippen MR) is 89.8 cm³/mol. The molecular weight excluding hydrogens is 258 g/mol. The first kappa shape index (κ1) is 15.5. The number of hydrogen-bond donors (Lipinski definition) is 1. The van der Waals surface area contributed by atoms with E-state index in [1.807, 2.05) is 0 Å². The monoisotopic (exact) mass is 283 g/mol. The highest BCUT2D eigenvalue weighted by Gasteiger charge is 2.12. The molecule has 1 N–H and O–H groups in total. The zero-order valence-electron chi connectivity index (χ0n) is 13.7. The van der Waals surface area contributed by atoms with Gasteiger partial charge in [-0.2, -0.15) is 0 Å². The Morgan fingerprint density at radius 2 is 1.62 bits per heavy atom. The highest BCUT2D eigenvalue weighted by molar-refractivity contribution is 5.69. The molecule has 0 unspecified atom stereocenters. The number of aromatic nitrogens is 2. The van der Waals surface area contributed by atoms with Crippen LogP contribution in [0.4, 0.5) is 5.82 Å². The van der Waals surface area contributed by atoms with Crippen LogP contribution < -0.4 is 5.32 Å². The van der Waals surface area contributed by atoms with Gasteiger partial charge in [0.25, 0.3) is 0 Å². The van der Waals surface area contributed by atoms with Crippen molar-refractivity contribution in [3.8, 4) is 11.3 Å². The summed E-state index contributed by atoms with van der Waals surface area (Å²) in [5.41, 5.74) is 5.90. The molecule has 0 aliphatic rings. The topological polar surface area (TPSA) is 37.8 Å². The van der Waals surface area contributed by atoms with Gasteiger partial charge >= 0.3 is 0 Å². The molecule has 0 spiro atoms. The van der Waals surface area contributed by atoms with Crippen LogP contribution in [0.5, 0.6) is 0 Å². The third kappa shape index (κ3) is 3.60. The average molecular weight is 283 g/mol. The molecule has 3 heteroatoms.